The van der Waals surface area contributed by atoms with Crippen molar-refractivity contribution in [1.82, 2.24) is 0 Å². The number of hydrogen-bond donors (Lipinski definition) is 0. The van der Waals surface area contributed by atoms with E-state index in [-0.39, 0.29) is 0 Å². The highest BCUT2D eigenvalue weighted by molar-refractivity contribution is 5.72. The monoisotopic (exact) mass is 132 g/mol. The fraction of sp³-hybridized carbons (Fsp3) is 0.200. The molecule has 0 aliphatic carbocycles. The topological polar surface area (TPSA) is 24.7 Å². The molecule has 0 rings (SSSR count). The van der Waals surface area contributed by atoms with Crippen LogP contribution in [-0.4, -0.2) is 12.7 Å². The van der Waals surface area contributed by atoms with Crippen LogP contribution < -0.4 is 0 Å². The maximum absolute atomic E-state index is 11.9. The van der Waals surface area contributed by atoms with Gasteiger partial charge in [0.05, 0.1) is 6.20 Å². The number of hydrogen-bond acceptors (Lipinski definition) is 2. The van der Waals surface area contributed by atoms with Gasteiger partial charge in [0.15, 0.2) is 5.97 Å². The molecule has 0 saturated heterocycles. The molecule has 0 aromatic heterocycles. The van der Waals surface area contributed by atoms with Crippen molar-refractivity contribution in [2.24, 2.45) is 9.98 Å². The number of nitrogens with zero attached hydrogens (tertiary/aromatic N) is 2. The van der Waals surface area contributed by atoms with Crippen LogP contribution in [0.4, 0.5) is 8.78 Å². The second-order valence-corrected chi connectivity index (χ2v) is 1.24. The summed E-state index contributed by atoms with van der Waals surface area (Å²) in [7, 11) is 0. The highest BCUT2D eigenvalue weighted by Gasteiger charge is 1.83. The molecule has 0 aliphatic rings. The van der Waals surface area contributed by atoms with Crippen LogP contribution in [0, 0.1) is 0 Å². The van der Waals surface area contributed by atoms with Crippen molar-refractivity contribution in [2.75, 3.05) is 0 Å². The van der Waals surface area contributed by atoms with Gasteiger partial charge in [-0.2, -0.15) is 8.78 Å². The molecule has 0 fully saturated rings. The largest absolute Gasteiger partial charge is 0.235 e. The van der Waals surface area contributed by atoms with Crippen molar-refractivity contribution >= 4 is 12.7 Å². The lowest BCUT2D eigenvalue weighted by Gasteiger charge is -1.79. The summed E-state index contributed by atoms with van der Waals surface area (Å²) in [4.78, 5) is 5.81. The van der Waals surface area contributed by atoms with E-state index in [4.69, 9.17) is 0 Å². The lowest BCUT2D eigenvalue weighted by atomic mass is 10.8. The van der Waals surface area contributed by atoms with Gasteiger partial charge in [-0.1, -0.05) is 0 Å². The Hall–Kier alpha value is -1.06. The van der Waals surface area contributed by atoms with E-state index in [2.05, 4.69) is 16.7 Å². The van der Waals surface area contributed by atoms with Gasteiger partial charge >= 0.3 is 0 Å². The van der Waals surface area contributed by atoms with Crippen LogP contribution in [0.15, 0.2) is 22.1 Å². The molecule has 50 valence electrons. The van der Waals surface area contributed by atoms with Crippen LogP contribution in [0.5, 0.6) is 0 Å². The zero-order valence-electron chi connectivity index (χ0n) is 4.93. The second-order valence-electron chi connectivity index (χ2n) is 1.24. The third kappa shape index (κ3) is 4.80. The molecule has 2 nitrogen and oxygen atoms in total. The summed E-state index contributed by atoms with van der Waals surface area (Å²) in [5.41, 5.74) is 0. The van der Waals surface area contributed by atoms with E-state index in [1.54, 1.807) is 0 Å². The average Bonchev–Trinajstić information content (AvgIpc) is 1.83. The molecule has 0 saturated carbocycles. The minimum Gasteiger partial charge on any atom is -0.235 e. The molecule has 0 heterocycles. The van der Waals surface area contributed by atoms with E-state index in [0.717, 1.165) is 6.92 Å². The Kier molecular flexibility index (Phi) is 3.43. The van der Waals surface area contributed by atoms with Gasteiger partial charge < -0.3 is 0 Å². The molecule has 0 spiro atoms. The third-order valence-corrected chi connectivity index (χ3v) is 0.500. The minimum atomic E-state index is -0.896. The standard InChI is InChI=1S/C5H6F2N2/c1-4(6)9-3-5(7)8-2/h3H,2H2,1H3/b5-3-,9-4+. The molecular weight excluding hydrogens is 126 g/mol. The summed E-state index contributed by atoms with van der Waals surface area (Å²) in [6.45, 7) is 3.96. The van der Waals surface area contributed by atoms with Crippen molar-refractivity contribution in [1.29, 1.82) is 0 Å². The Morgan fingerprint density at radius 1 is 1.56 bits per heavy atom. The van der Waals surface area contributed by atoms with Crippen LogP contribution >= 0.6 is 0 Å². The molecule has 0 radical (unpaired) electrons. The fourth-order valence-electron chi connectivity index (χ4n) is 0.183. The smallest absolute Gasteiger partial charge is 0.230 e. The highest BCUT2D eigenvalue weighted by Crippen LogP contribution is 1.95. The first kappa shape index (κ1) is 7.94. The summed E-state index contributed by atoms with van der Waals surface area (Å²) in [6, 6.07) is 0. The first-order valence-electron chi connectivity index (χ1n) is 2.19. The molecule has 0 aromatic carbocycles. The maximum atomic E-state index is 11.9. The van der Waals surface area contributed by atoms with Crippen molar-refractivity contribution < 1.29 is 8.78 Å². The lowest BCUT2D eigenvalue weighted by molar-refractivity contribution is 0.626. The summed E-state index contributed by atoms with van der Waals surface area (Å²) in [5, 5.41) is 0. The third-order valence-electron chi connectivity index (χ3n) is 0.500. The number of halogens is 2. The van der Waals surface area contributed by atoms with Crippen molar-refractivity contribution in [2.45, 2.75) is 6.92 Å². The summed E-state index contributed by atoms with van der Waals surface area (Å²) >= 11 is 0. The zero-order valence-corrected chi connectivity index (χ0v) is 4.93. The predicted octanol–water partition coefficient (Wildman–Crippen LogP) is 1.84. The van der Waals surface area contributed by atoms with E-state index in [1.165, 1.54) is 0 Å². The van der Waals surface area contributed by atoms with E-state index in [1.807, 2.05) is 0 Å². The second kappa shape index (κ2) is 3.88. The van der Waals surface area contributed by atoms with E-state index < -0.39 is 11.9 Å². The molecule has 0 aliphatic heterocycles. The Morgan fingerprint density at radius 2 is 2.11 bits per heavy atom. The van der Waals surface area contributed by atoms with Gasteiger partial charge in [0.2, 0.25) is 5.95 Å². The summed E-state index contributed by atoms with van der Waals surface area (Å²) < 4.78 is 23.5. The van der Waals surface area contributed by atoms with Gasteiger partial charge in [0.1, 0.15) is 0 Å². The van der Waals surface area contributed by atoms with Gasteiger partial charge in [0, 0.05) is 6.92 Å². The first-order chi connectivity index (χ1) is 4.16. The van der Waals surface area contributed by atoms with Crippen LogP contribution in [0.1, 0.15) is 6.92 Å². The predicted molar refractivity (Wildman–Crippen MR) is 33.0 cm³/mol. The van der Waals surface area contributed by atoms with Crippen LogP contribution in [0.2, 0.25) is 0 Å². The van der Waals surface area contributed by atoms with Crippen molar-refractivity contribution in [3.05, 3.63) is 12.2 Å². The number of aliphatic imine (C=N–C) groups is 2. The molecule has 9 heavy (non-hydrogen) atoms. The molecule has 0 aromatic rings. The quantitative estimate of drug-likeness (QED) is 0.404. The zero-order chi connectivity index (χ0) is 7.28. The first-order valence-corrected chi connectivity index (χ1v) is 2.19. The Morgan fingerprint density at radius 3 is 2.44 bits per heavy atom. The summed E-state index contributed by atoms with van der Waals surface area (Å²) in [6.07, 6.45) is 0.655. The van der Waals surface area contributed by atoms with Gasteiger partial charge in [-0.25, -0.2) is 9.98 Å². The van der Waals surface area contributed by atoms with Gasteiger partial charge in [-0.15, -0.1) is 0 Å². The molecule has 0 atom stereocenters. The normalized spacial score (nSPS) is 13.7. The van der Waals surface area contributed by atoms with E-state index >= 15 is 0 Å². The van der Waals surface area contributed by atoms with E-state index in [9.17, 15) is 8.78 Å². The van der Waals surface area contributed by atoms with Crippen molar-refractivity contribution in [3.63, 3.8) is 0 Å². The Balaban J connectivity index is 3.98. The maximum Gasteiger partial charge on any atom is 0.230 e. The molecule has 4 heteroatoms. The molecular formula is C5H6F2N2. The minimum absolute atomic E-state index is 0.655. The highest BCUT2D eigenvalue weighted by atomic mass is 19.1. The van der Waals surface area contributed by atoms with Gasteiger partial charge in [-0.05, 0) is 6.72 Å². The average molecular weight is 132 g/mol. The Labute approximate surface area is 51.6 Å². The fourth-order valence-corrected chi connectivity index (χ4v) is 0.183. The molecule has 0 N–H and O–H groups in total. The van der Waals surface area contributed by atoms with Crippen LogP contribution in [-0.2, 0) is 0 Å². The van der Waals surface area contributed by atoms with Gasteiger partial charge in [-0.3, -0.25) is 0 Å². The SMILES string of the molecule is C=N/C(F)=C\N=C(/C)F. The van der Waals surface area contributed by atoms with Crippen molar-refractivity contribution in [3.8, 4) is 0 Å². The molecule has 0 bridgehead atoms. The Bertz CT molecular complexity index is 156. The molecule has 0 unspecified atom stereocenters. The van der Waals surface area contributed by atoms with Crippen LogP contribution in [0.3, 0.4) is 0 Å². The van der Waals surface area contributed by atoms with Crippen LogP contribution in [0.25, 0.3) is 0 Å². The van der Waals surface area contributed by atoms with E-state index in [0.29, 0.717) is 6.20 Å². The molecule has 0 amide bonds. The lowest BCUT2D eigenvalue weighted by Crippen LogP contribution is -1.73. The number of rotatable bonds is 2. The van der Waals surface area contributed by atoms with Gasteiger partial charge in [0.25, 0.3) is 0 Å². The summed E-state index contributed by atoms with van der Waals surface area (Å²) in [5.74, 6) is -1.61.